The molecule has 0 fully saturated rings. The third kappa shape index (κ3) is 4.11. The van der Waals surface area contributed by atoms with Crippen LogP contribution in [0.5, 0.6) is 0 Å². The number of amides is 1. The van der Waals surface area contributed by atoms with Crippen molar-refractivity contribution in [1.29, 1.82) is 5.26 Å². The number of rotatable bonds is 4. The van der Waals surface area contributed by atoms with Crippen molar-refractivity contribution >= 4 is 17.3 Å². The van der Waals surface area contributed by atoms with Crippen LogP contribution in [0, 0.1) is 28.4 Å². The second kappa shape index (κ2) is 6.60. The highest BCUT2D eigenvalue weighted by molar-refractivity contribution is 5.92. The first kappa shape index (κ1) is 17.9. The van der Waals surface area contributed by atoms with Crippen LogP contribution in [0.4, 0.5) is 24.5 Å². The Kier molecular flexibility index (Phi) is 4.73. The van der Waals surface area contributed by atoms with Crippen LogP contribution in [0.15, 0.2) is 24.3 Å². The molecule has 11 heteroatoms. The maximum atomic E-state index is 12.6. The average Bonchev–Trinajstić information content (AvgIpc) is 2.88. The molecule has 25 heavy (non-hydrogen) atoms. The highest BCUT2D eigenvalue weighted by Gasteiger charge is 2.34. The van der Waals surface area contributed by atoms with Gasteiger partial charge in [-0.25, -0.2) is 0 Å². The molecule has 1 amide bonds. The highest BCUT2D eigenvalue weighted by Crippen LogP contribution is 2.28. The Morgan fingerprint density at radius 1 is 1.44 bits per heavy atom. The Morgan fingerprint density at radius 3 is 2.64 bits per heavy atom. The monoisotopic (exact) mass is 353 g/mol. The van der Waals surface area contributed by atoms with E-state index in [0.29, 0.717) is 0 Å². The maximum Gasteiger partial charge on any atom is 0.435 e. The van der Waals surface area contributed by atoms with Crippen molar-refractivity contribution in [1.82, 2.24) is 9.78 Å². The van der Waals surface area contributed by atoms with E-state index >= 15 is 0 Å². The maximum absolute atomic E-state index is 12.6. The average molecular weight is 353 g/mol. The van der Waals surface area contributed by atoms with Crippen molar-refractivity contribution in [2.45, 2.75) is 19.6 Å². The smallest absolute Gasteiger partial charge is 0.323 e. The number of nitro groups is 1. The van der Waals surface area contributed by atoms with E-state index < -0.39 is 29.2 Å². The molecule has 0 saturated heterocycles. The molecule has 1 aromatic heterocycles. The topological polar surface area (TPSA) is 114 Å². The zero-order chi connectivity index (χ0) is 18.8. The minimum absolute atomic E-state index is 0.0129. The Morgan fingerprint density at radius 2 is 2.12 bits per heavy atom. The molecule has 1 heterocycles. The molecule has 0 spiro atoms. The summed E-state index contributed by atoms with van der Waals surface area (Å²) in [7, 11) is 0. The van der Waals surface area contributed by atoms with Gasteiger partial charge in [0.15, 0.2) is 5.69 Å². The van der Waals surface area contributed by atoms with Crippen molar-refractivity contribution in [3.05, 3.63) is 51.3 Å². The summed E-state index contributed by atoms with van der Waals surface area (Å²) < 4.78 is 38.7. The standard InChI is InChI=1S/C14H10F3N5O3/c1-8-4-12(14(15,16)17)20-21(8)7-13(23)19-11-3-2-10(22(24)25)5-9(11)6-18/h2-5H,7H2,1H3,(H,19,23). The molecule has 2 aromatic rings. The summed E-state index contributed by atoms with van der Waals surface area (Å²) in [5, 5.41) is 25.3. The summed E-state index contributed by atoms with van der Waals surface area (Å²) in [6.45, 7) is 0.853. The van der Waals surface area contributed by atoms with Crippen LogP contribution in [0.25, 0.3) is 0 Å². The Bertz CT molecular complexity index is 883. The zero-order valence-electron chi connectivity index (χ0n) is 12.7. The molecule has 1 aromatic carbocycles. The summed E-state index contributed by atoms with van der Waals surface area (Å²) in [6, 6.07) is 5.76. The zero-order valence-corrected chi connectivity index (χ0v) is 12.7. The van der Waals surface area contributed by atoms with E-state index in [1.807, 2.05) is 0 Å². The number of nitrogens with one attached hydrogen (secondary N) is 1. The lowest BCUT2D eigenvalue weighted by Crippen LogP contribution is -2.21. The predicted octanol–water partition coefficient (Wildman–Crippen LogP) is 2.63. The summed E-state index contributed by atoms with van der Waals surface area (Å²) in [4.78, 5) is 22.0. The number of nitro benzene ring substituents is 1. The number of hydrogen-bond donors (Lipinski definition) is 1. The summed E-state index contributed by atoms with van der Waals surface area (Å²) >= 11 is 0. The van der Waals surface area contributed by atoms with Gasteiger partial charge in [0.05, 0.1) is 16.2 Å². The summed E-state index contributed by atoms with van der Waals surface area (Å²) in [5.41, 5.74) is -1.44. The molecule has 130 valence electrons. The van der Waals surface area contributed by atoms with Gasteiger partial charge in [-0.05, 0) is 19.1 Å². The number of nitriles is 1. The lowest BCUT2D eigenvalue weighted by molar-refractivity contribution is -0.384. The third-order valence-corrected chi connectivity index (χ3v) is 3.17. The number of aryl methyl sites for hydroxylation is 1. The number of benzene rings is 1. The fraction of sp³-hybridized carbons (Fsp3) is 0.214. The van der Waals surface area contributed by atoms with Crippen LogP contribution < -0.4 is 5.32 Å². The largest absolute Gasteiger partial charge is 0.435 e. The van der Waals surface area contributed by atoms with Gasteiger partial charge in [-0.15, -0.1) is 0 Å². The van der Waals surface area contributed by atoms with Crippen LogP contribution in [0.3, 0.4) is 0 Å². The number of alkyl halides is 3. The van der Waals surface area contributed by atoms with E-state index in [1.165, 1.54) is 13.0 Å². The van der Waals surface area contributed by atoms with Crippen molar-refractivity contribution in [2.24, 2.45) is 0 Å². The van der Waals surface area contributed by atoms with Gasteiger partial charge >= 0.3 is 6.18 Å². The lowest BCUT2D eigenvalue weighted by atomic mass is 10.1. The van der Waals surface area contributed by atoms with Gasteiger partial charge < -0.3 is 5.32 Å². The second-order valence-electron chi connectivity index (χ2n) is 4.97. The molecular formula is C14H10F3N5O3. The van der Waals surface area contributed by atoms with Crippen LogP contribution in [-0.2, 0) is 17.5 Å². The molecule has 0 saturated carbocycles. The number of carbonyl (C=O) groups excluding carboxylic acids is 1. The van der Waals surface area contributed by atoms with E-state index in [4.69, 9.17) is 5.26 Å². The Balaban J connectivity index is 2.17. The Hall–Kier alpha value is -3.42. The number of non-ortho nitro benzene ring substituents is 1. The van der Waals surface area contributed by atoms with Crippen molar-refractivity contribution < 1.29 is 22.9 Å². The van der Waals surface area contributed by atoms with E-state index in [2.05, 4.69) is 10.4 Å². The molecule has 0 bridgehead atoms. The first-order valence-corrected chi connectivity index (χ1v) is 6.72. The molecular weight excluding hydrogens is 343 g/mol. The molecule has 0 radical (unpaired) electrons. The number of nitrogens with zero attached hydrogens (tertiary/aromatic N) is 4. The fourth-order valence-electron chi connectivity index (χ4n) is 1.98. The number of carbonyl (C=O) groups is 1. The van der Waals surface area contributed by atoms with Crippen LogP contribution in [0.2, 0.25) is 0 Å². The Labute approximate surface area is 138 Å². The minimum Gasteiger partial charge on any atom is -0.323 e. The minimum atomic E-state index is -4.63. The number of hydrogen-bond acceptors (Lipinski definition) is 5. The van der Waals surface area contributed by atoms with Crippen LogP contribution >= 0.6 is 0 Å². The first-order valence-electron chi connectivity index (χ1n) is 6.72. The summed E-state index contributed by atoms with van der Waals surface area (Å²) in [5.74, 6) is -0.731. The molecule has 0 aliphatic carbocycles. The highest BCUT2D eigenvalue weighted by atomic mass is 19.4. The van der Waals surface area contributed by atoms with E-state index in [0.717, 1.165) is 22.9 Å². The van der Waals surface area contributed by atoms with Gasteiger partial charge in [0.2, 0.25) is 5.91 Å². The molecule has 0 aliphatic rings. The fourth-order valence-corrected chi connectivity index (χ4v) is 1.98. The number of anilines is 1. The van der Waals surface area contributed by atoms with Gasteiger partial charge in [-0.3, -0.25) is 19.6 Å². The molecule has 0 atom stereocenters. The van der Waals surface area contributed by atoms with Crippen LogP contribution in [0.1, 0.15) is 17.0 Å². The molecule has 2 rings (SSSR count). The van der Waals surface area contributed by atoms with Gasteiger partial charge in [-0.2, -0.15) is 23.5 Å². The van der Waals surface area contributed by atoms with E-state index in [9.17, 15) is 28.1 Å². The predicted molar refractivity (Wildman–Crippen MR) is 78.4 cm³/mol. The first-order chi connectivity index (χ1) is 11.6. The second-order valence-corrected chi connectivity index (χ2v) is 4.97. The summed E-state index contributed by atoms with van der Waals surface area (Å²) in [6.07, 6.45) is -4.63. The lowest BCUT2D eigenvalue weighted by Gasteiger charge is -2.08. The normalized spacial score (nSPS) is 11.0. The molecule has 0 aliphatic heterocycles. The van der Waals surface area contributed by atoms with Gasteiger partial charge in [0.1, 0.15) is 12.6 Å². The van der Waals surface area contributed by atoms with Crippen molar-refractivity contribution in [3.63, 3.8) is 0 Å². The third-order valence-electron chi connectivity index (χ3n) is 3.17. The van der Waals surface area contributed by atoms with Gasteiger partial charge in [0.25, 0.3) is 5.69 Å². The van der Waals surface area contributed by atoms with Crippen molar-refractivity contribution in [3.8, 4) is 6.07 Å². The molecule has 1 N–H and O–H groups in total. The molecule has 8 nitrogen and oxygen atoms in total. The van der Waals surface area contributed by atoms with Crippen LogP contribution in [-0.4, -0.2) is 20.6 Å². The SMILES string of the molecule is Cc1cc(C(F)(F)F)nn1CC(=O)Nc1ccc([N+](=O)[O-])cc1C#N. The van der Waals surface area contributed by atoms with Gasteiger partial charge in [-0.1, -0.05) is 0 Å². The quantitative estimate of drug-likeness (QED) is 0.670. The van der Waals surface area contributed by atoms with Crippen molar-refractivity contribution in [2.75, 3.05) is 5.32 Å². The number of halogens is 3. The van der Waals surface area contributed by atoms with E-state index in [1.54, 1.807) is 6.07 Å². The number of aromatic nitrogens is 2. The molecule has 0 unspecified atom stereocenters. The van der Waals surface area contributed by atoms with Gasteiger partial charge in [0, 0.05) is 17.8 Å². The van der Waals surface area contributed by atoms with E-state index in [-0.39, 0.29) is 22.6 Å².